The van der Waals surface area contributed by atoms with E-state index in [0.717, 1.165) is 22.5 Å². The summed E-state index contributed by atoms with van der Waals surface area (Å²) in [5, 5.41) is 11.6. The average molecular weight is 378 g/mol. The number of fused-ring (bicyclic) bond motifs is 1. The van der Waals surface area contributed by atoms with Crippen molar-refractivity contribution in [1.82, 2.24) is 29.8 Å². The number of benzene rings is 1. The van der Waals surface area contributed by atoms with Crippen molar-refractivity contribution < 1.29 is 9.59 Å². The molecule has 0 unspecified atom stereocenters. The first-order valence-electron chi connectivity index (χ1n) is 9.18. The lowest BCUT2D eigenvalue weighted by Crippen LogP contribution is -2.36. The molecule has 0 saturated heterocycles. The molecule has 0 aliphatic carbocycles. The van der Waals surface area contributed by atoms with Crippen LogP contribution < -0.4 is 0 Å². The van der Waals surface area contributed by atoms with Gasteiger partial charge in [-0.15, -0.1) is 0 Å². The van der Waals surface area contributed by atoms with Gasteiger partial charge in [0.2, 0.25) is 5.91 Å². The van der Waals surface area contributed by atoms with Crippen LogP contribution in [0.25, 0.3) is 11.3 Å². The SMILES string of the molecule is CC(=O)N1CCn2nc(C(=O)N(C)Cc3cn[nH]c3-c3ccccc3)cc2C1. The fourth-order valence-electron chi connectivity index (χ4n) is 3.45. The molecule has 0 radical (unpaired) electrons. The van der Waals surface area contributed by atoms with Crippen LogP contribution in [0, 0.1) is 0 Å². The molecular formula is C20H22N6O2. The molecule has 2 aromatic heterocycles. The van der Waals surface area contributed by atoms with Gasteiger partial charge in [0, 0.05) is 32.6 Å². The number of H-pyrrole nitrogens is 1. The molecule has 3 heterocycles. The quantitative estimate of drug-likeness (QED) is 0.751. The summed E-state index contributed by atoms with van der Waals surface area (Å²) >= 11 is 0. The second kappa shape index (κ2) is 7.30. The highest BCUT2D eigenvalue weighted by molar-refractivity contribution is 5.92. The monoisotopic (exact) mass is 378 g/mol. The third kappa shape index (κ3) is 3.40. The maximum Gasteiger partial charge on any atom is 0.274 e. The summed E-state index contributed by atoms with van der Waals surface area (Å²) in [6.45, 7) is 3.68. The fraction of sp³-hybridized carbons (Fsp3) is 0.300. The molecule has 1 N–H and O–H groups in total. The molecule has 1 aliphatic heterocycles. The third-order valence-corrected chi connectivity index (χ3v) is 5.00. The number of nitrogens with one attached hydrogen (secondary N) is 1. The summed E-state index contributed by atoms with van der Waals surface area (Å²) in [6, 6.07) is 11.7. The average Bonchev–Trinajstić information content (AvgIpc) is 3.34. The normalized spacial score (nSPS) is 13.3. The third-order valence-electron chi connectivity index (χ3n) is 5.00. The molecule has 3 aromatic rings. The van der Waals surface area contributed by atoms with Crippen LogP contribution in [0.4, 0.5) is 0 Å². The lowest BCUT2D eigenvalue weighted by atomic mass is 10.1. The van der Waals surface area contributed by atoms with E-state index in [1.807, 2.05) is 35.0 Å². The summed E-state index contributed by atoms with van der Waals surface area (Å²) in [5.41, 5.74) is 4.15. The van der Waals surface area contributed by atoms with Crippen molar-refractivity contribution in [3.63, 3.8) is 0 Å². The number of carbonyl (C=O) groups is 2. The first-order chi connectivity index (χ1) is 13.5. The lowest BCUT2D eigenvalue weighted by Gasteiger charge is -2.26. The highest BCUT2D eigenvalue weighted by atomic mass is 16.2. The Labute approximate surface area is 162 Å². The number of amides is 2. The first kappa shape index (κ1) is 18.0. The molecule has 0 saturated carbocycles. The Balaban J connectivity index is 1.50. The van der Waals surface area contributed by atoms with Gasteiger partial charge in [-0.3, -0.25) is 19.4 Å². The van der Waals surface area contributed by atoms with E-state index in [1.54, 1.807) is 36.0 Å². The summed E-state index contributed by atoms with van der Waals surface area (Å²) in [7, 11) is 1.75. The van der Waals surface area contributed by atoms with Crippen molar-refractivity contribution in [1.29, 1.82) is 0 Å². The van der Waals surface area contributed by atoms with E-state index in [2.05, 4.69) is 15.3 Å². The van der Waals surface area contributed by atoms with Gasteiger partial charge in [-0.2, -0.15) is 10.2 Å². The molecule has 0 bridgehead atoms. The van der Waals surface area contributed by atoms with Gasteiger partial charge in [-0.1, -0.05) is 30.3 Å². The Morgan fingerprint density at radius 2 is 2.00 bits per heavy atom. The van der Waals surface area contributed by atoms with Crippen LogP contribution in [0.15, 0.2) is 42.6 Å². The van der Waals surface area contributed by atoms with Gasteiger partial charge in [-0.05, 0) is 11.6 Å². The van der Waals surface area contributed by atoms with Gasteiger partial charge in [0.1, 0.15) is 0 Å². The smallest absolute Gasteiger partial charge is 0.274 e. The Hall–Kier alpha value is -3.42. The minimum absolute atomic E-state index is 0.0332. The molecule has 0 atom stereocenters. The zero-order chi connectivity index (χ0) is 19.7. The highest BCUT2D eigenvalue weighted by Crippen LogP contribution is 2.22. The van der Waals surface area contributed by atoms with E-state index in [9.17, 15) is 9.59 Å². The van der Waals surface area contributed by atoms with E-state index in [1.165, 1.54) is 0 Å². The summed E-state index contributed by atoms with van der Waals surface area (Å²) in [6.07, 6.45) is 1.75. The fourth-order valence-corrected chi connectivity index (χ4v) is 3.45. The Bertz CT molecular complexity index is 1010. The number of carbonyl (C=O) groups excluding carboxylic acids is 2. The zero-order valence-electron chi connectivity index (χ0n) is 15.9. The predicted octanol–water partition coefficient (Wildman–Crippen LogP) is 1.91. The molecule has 8 nitrogen and oxygen atoms in total. The predicted molar refractivity (Wildman–Crippen MR) is 103 cm³/mol. The van der Waals surface area contributed by atoms with Crippen molar-refractivity contribution in [2.24, 2.45) is 0 Å². The van der Waals surface area contributed by atoms with Crippen LogP contribution in [0.3, 0.4) is 0 Å². The highest BCUT2D eigenvalue weighted by Gasteiger charge is 2.24. The summed E-state index contributed by atoms with van der Waals surface area (Å²) in [4.78, 5) is 27.9. The minimum atomic E-state index is -0.156. The van der Waals surface area contributed by atoms with Crippen LogP contribution >= 0.6 is 0 Å². The number of aromatic amines is 1. The Morgan fingerprint density at radius 3 is 2.75 bits per heavy atom. The van der Waals surface area contributed by atoms with E-state index in [0.29, 0.717) is 31.9 Å². The van der Waals surface area contributed by atoms with Crippen LogP contribution in [0.2, 0.25) is 0 Å². The van der Waals surface area contributed by atoms with Crippen molar-refractivity contribution in [3.8, 4) is 11.3 Å². The second-order valence-corrected chi connectivity index (χ2v) is 6.98. The minimum Gasteiger partial charge on any atom is -0.336 e. The molecule has 4 rings (SSSR count). The molecule has 2 amide bonds. The van der Waals surface area contributed by atoms with Gasteiger partial charge in [0.25, 0.3) is 5.91 Å². The zero-order valence-corrected chi connectivity index (χ0v) is 15.9. The molecule has 28 heavy (non-hydrogen) atoms. The van der Waals surface area contributed by atoms with Crippen molar-refractivity contribution >= 4 is 11.8 Å². The van der Waals surface area contributed by atoms with Crippen molar-refractivity contribution in [3.05, 3.63) is 59.5 Å². The molecular weight excluding hydrogens is 356 g/mol. The van der Waals surface area contributed by atoms with Crippen LogP contribution in [-0.4, -0.2) is 55.2 Å². The van der Waals surface area contributed by atoms with Gasteiger partial charge < -0.3 is 9.80 Å². The molecule has 144 valence electrons. The largest absolute Gasteiger partial charge is 0.336 e. The van der Waals surface area contributed by atoms with Crippen molar-refractivity contribution in [2.75, 3.05) is 13.6 Å². The number of aromatic nitrogens is 4. The maximum atomic E-state index is 12.9. The van der Waals surface area contributed by atoms with Crippen LogP contribution in [0.5, 0.6) is 0 Å². The maximum absolute atomic E-state index is 12.9. The van der Waals surface area contributed by atoms with Crippen LogP contribution in [-0.2, 0) is 24.4 Å². The summed E-state index contributed by atoms with van der Waals surface area (Å²) in [5.74, 6) is -0.123. The topological polar surface area (TPSA) is 87.1 Å². The standard InChI is InChI=1S/C20H22N6O2/c1-14(27)25-8-9-26-17(13-25)10-18(23-26)20(28)24(2)12-16-11-21-22-19(16)15-6-4-3-5-7-15/h3-7,10-11H,8-9,12-13H2,1-2H3,(H,21,22). The van der Waals surface area contributed by atoms with Gasteiger partial charge in [0.05, 0.1) is 30.7 Å². The second-order valence-electron chi connectivity index (χ2n) is 6.98. The van der Waals surface area contributed by atoms with Crippen molar-refractivity contribution in [2.45, 2.75) is 26.6 Å². The van der Waals surface area contributed by atoms with Gasteiger partial charge >= 0.3 is 0 Å². The number of nitrogens with zero attached hydrogens (tertiary/aromatic N) is 5. The Kier molecular flexibility index (Phi) is 4.68. The molecule has 1 aliphatic rings. The summed E-state index contributed by atoms with van der Waals surface area (Å²) < 4.78 is 1.81. The molecule has 8 heteroatoms. The van der Waals surface area contributed by atoms with Gasteiger partial charge in [0.15, 0.2) is 5.69 Å². The molecule has 1 aromatic carbocycles. The number of hydrogen-bond donors (Lipinski definition) is 1. The van der Waals surface area contributed by atoms with E-state index in [4.69, 9.17) is 0 Å². The van der Waals surface area contributed by atoms with Crippen LogP contribution in [0.1, 0.15) is 28.7 Å². The van der Waals surface area contributed by atoms with E-state index >= 15 is 0 Å². The number of hydrogen-bond acceptors (Lipinski definition) is 4. The Morgan fingerprint density at radius 1 is 1.21 bits per heavy atom. The molecule has 0 spiro atoms. The van der Waals surface area contributed by atoms with E-state index < -0.39 is 0 Å². The first-order valence-corrected chi connectivity index (χ1v) is 9.18. The lowest BCUT2D eigenvalue weighted by molar-refractivity contribution is -0.130. The van der Waals surface area contributed by atoms with Gasteiger partial charge in [-0.25, -0.2) is 0 Å². The van der Waals surface area contributed by atoms with E-state index in [-0.39, 0.29) is 11.8 Å². The molecule has 0 fully saturated rings. The number of rotatable bonds is 4.